The number of esters is 1. The predicted octanol–water partition coefficient (Wildman–Crippen LogP) is 3.74. The van der Waals surface area contributed by atoms with E-state index >= 15 is 0 Å². The number of hydrogen-bond acceptors (Lipinski definition) is 7. The highest BCUT2D eigenvalue weighted by Gasteiger charge is 2.18. The van der Waals surface area contributed by atoms with E-state index in [0.717, 1.165) is 5.56 Å². The van der Waals surface area contributed by atoms with Gasteiger partial charge in [-0.05, 0) is 55.3 Å². The molecule has 0 saturated carbocycles. The van der Waals surface area contributed by atoms with E-state index in [1.807, 2.05) is 13.0 Å². The van der Waals surface area contributed by atoms with Crippen molar-refractivity contribution in [1.82, 2.24) is 5.32 Å². The van der Waals surface area contributed by atoms with Crippen molar-refractivity contribution in [2.45, 2.75) is 26.5 Å². The molecule has 32 heavy (non-hydrogen) atoms. The van der Waals surface area contributed by atoms with E-state index in [0.29, 0.717) is 40.2 Å². The molecular formula is C23H24ClNO7. The Bertz CT molecular complexity index is 1020. The number of rotatable bonds is 9. The van der Waals surface area contributed by atoms with Crippen LogP contribution in [0.4, 0.5) is 0 Å². The summed E-state index contributed by atoms with van der Waals surface area (Å²) in [5.41, 5.74) is 1.46. The first-order valence-corrected chi connectivity index (χ1v) is 10.3. The molecule has 0 aromatic heterocycles. The van der Waals surface area contributed by atoms with Crippen molar-refractivity contribution in [2.75, 3.05) is 20.5 Å². The highest BCUT2D eigenvalue weighted by Crippen LogP contribution is 2.36. The Labute approximate surface area is 191 Å². The quantitative estimate of drug-likeness (QED) is 0.449. The highest BCUT2D eigenvalue weighted by atomic mass is 35.5. The fourth-order valence-electron chi connectivity index (χ4n) is 2.96. The van der Waals surface area contributed by atoms with Crippen LogP contribution in [0.2, 0.25) is 5.02 Å². The summed E-state index contributed by atoms with van der Waals surface area (Å²) in [4.78, 5) is 24.4. The molecule has 9 heteroatoms. The van der Waals surface area contributed by atoms with E-state index in [1.165, 1.54) is 26.2 Å². The average molecular weight is 462 g/mol. The second kappa shape index (κ2) is 10.8. The third-order valence-electron chi connectivity index (χ3n) is 4.51. The van der Waals surface area contributed by atoms with Crippen LogP contribution in [0.3, 0.4) is 0 Å². The monoisotopic (exact) mass is 461 g/mol. The van der Waals surface area contributed by atoms with Crippen LogP contribution in [0.25, 0.3) is 6.08 Å². The van der Waals surface area contributed by atoms with Gasteiger partial charge in [-0.3, -0.25) is 4.79 Å². The number of hydrogen-bond donors (Lipinski definition) is 1. The molecule has 0 bridgehead atoms. The largest absolute Gasteiger partial charge is 0.491 e. The zero-order chi connectivity index (χ0) is 23.1. The molecule has 2 aromatic rings. The summed E-state index contributed by atoms with van der Waals surface area (Å²) in [6.45, 7) is 4.21. The Balaban J connectivity index is 1.53. The molecule has 0 spiro atoms. The van der Waals surface area contributed by atoms with E-state index in [9.17, 15) is 9.59 Å². The standard InChI is InChI=1S/C23H24ClNO7/c1-4-29-20-10-15(9-17(24)22(20)28-3)6-8-21(26)32-14(2)23(27)25-12-16-5-7-18-19(11-16)31-13-30-18/h5-11,14H,4,12-13H2,1-3H3,(H,25,27)/b8-6+/t14-/m0/s1. The number of amides is 1. The molecule has 3 rings (SSSR count). The lowest BCUT2D eigenvalue weighted by Gasteiger charge is -2.13. The summed E-state index contributed by atoms with van der Waals surface area (Å²) in [7, 11) is 1.50. The average Bonchev–Trinajstić information content (AvgIpc) is 3.24. The summed E-state index contributed by atoms with van der Waals surface area (Å²) >= 11 is 6.21. The van der Waals surface area contributed by atoms with Gasteiger partial charge in [0, 0.05) is 12.6 Å². The number of nitrogens with one attached hydrogen (secondary N) is 1. The van der Waals surface area contributed by atoms with Crippen molar-refractivity contribution < 1.29 is 33.3 Å². The summed E-state index contributed by atoms with van der Waals surface area (Å²) in [6, 6.07) is 8.72. The molecule has 0 fully saturated rings. The number of methoxy groups -OCH3 is 1. The zero-order valence-electron chi connectivity index (χ0n) is 18.0. The van der Waals surface area contributed by atoms with Gasteiger partial charge >= 0.3 is 5.97 Å². The number of halogens is 1. The predicted molar refractivity (Wildman–Crippen MR) is 118 cm³/mol. The fraction of sp³-hybridized carbons (Fsp3) is 0.304. The molecule has 8 nitrogen and oxygen atoms in total. The lowest BCUT2D eigenvalue weighted by Crippen LogP contribution is -2.35. The normalized spacial score (nSPS) is 13.0. The fourth-order valence-corrected chi connectivity index (χ4v) is 3.26. The molecule has 1 amide bonds. The molecule has 2 aromatic carbocycles. The van der Waals surface area contributed by atoms with Gasteiger partial charge in [-0.25, -0.2) is 4.79 Å². The van der Waals surface area contributed by atoms with Gasteiger partial charge in [0.25, 0.3) is 5.91 Å². The molecule has 0 saturated heterocycles. The first-order chi connectivity index (χ1) is 15.4. The van der Waals surface area contributed by atoms with Crippen LogP contribution in [0.5, 0.6) is 23.0 Å². The maximum absolute atomic E-state index is 12.3. The highest BCUT2D eigenvalue weighted by molar-refractivity contribution is 6.32. The molecule has 1 N–H and O–H groups in total. The number of carbonyl (C=O) groups is 2. The minimum atomic E-state index is -0.973. The SMILES string of the molecule is CCOc1cc(/C=C/C(=O)O[C@@H](C)C(=O)NCc2ccc3c(c2)OCO3)cc(Cl)c1OC. The first-order valence-electron chi connectivity index (χ1n) is 9.96. The third kappa shape index (κ3) is 5.85. The van der Waals surface area contributed by atoms with Crippen LogP contribution >= 0.6 is 11.6 Å². The number of fused-ring (bicyclic) bond motifs is 1. The first kappa shape index (κ1) is 23.3. The van der Waals surface area contributed by atoms with Crippen molar-refractivity contribution in [3.8, 4) is 23.0 Å². The van der Waals surface area contributed by atoms with Crippen LogP contribution in [-0.4, -0.2) is 38.5 Å². The Morgan fingerprint density at radius 1 is 1.22 bits per heavy atom. The molecule has 1 aliphatic heterocycles. The Hall–Kier alpha value is -3.39. The van der Waals surface area contributed by atoms with Gasteiger partial charge in [0.2, 0.25) is 6.79 Å². The summed E-state index contributed by atoms with van der Waals surface area (Å²) in [5.74, 6) is 1.09. The number of benzene rings is 2. The molecule has 0 aliphatic carbocycles. The maximum atomic E-state index is 12.3. The molecule has 170 valence electrons. The van der Waals surface area contributed by atoms with Gasteiger partial charge in [0.05, 0.1) is 18.7 Å². The molecular weight excluding hydrogens is 438 g/mol. The maximum Gasteiger partial charge on any atom is 0.331 e. The smallest absolute Gasteiger partial charge is 0.331 e. The van der Waals surface area contributed by atoms with E-state index in [2.05, 4.69) is 5.32 Å². The van der Waals surface area contributed by atoms with Crippen LogP contribution in [0.15, 0.2) is 36.4 Å². The Morgan fingerprint density at radius 2 is 2.00 bits per heavy atom. The Morgan fingerprint density at radius 3 is 2.75 bits per heavy atom. The second-order valence-electron chi connectivity index (χ2n) is 6.78. The minimum Gasteiger partial charge on any atom is -0.491 e. The van der Waals surface area contributed by atoms with Crippen LogP contribution in [0.1, 0.15) is 25.0 Å². The molecule has 1 aliphatic rings. The minimum absolute atomic E-state index is 0.182. The molecule has 0 radical (unpaired) electrons. The van der Waals surface area contributed by atoms with Gasteiger partial charge in [-0.2, -0.15) is 0 Å². The van der Waals surface area contributed by atoms with Crippen molar-refractivity contribution in [3.63, 3.8) is 0 Å². The molecule has 1 heterocycles. The van der Waals surface area contributed by atoms with Gasteiger partial charge < -0.3 is 29.0 Å². The Kier molecular flexibility index (Phi) is 7.83. The van der Waals surface area contributed by atoms with Gasteiger partial charge in [0.15, 0.2) is 29.1 Å². The zero-order valence-corrected chi connectivity index (χ0v) is 18.7. The molecule has 0 unspecified atom stereocenters. The van der Waals surface area contributed by atoms with E-state index in [-0.39, 0.29) is 13.3 Å². The van der Waals surface area contributed by atoms with Crippen molar-refractivity contribution in [2.24, 2.45) is 0 Å². The van der Waals surface area contributed by atoms with Gasteiger partial charge in [-0.15, -0.1) is 0 Å². The lowest BCUT2D eigenvalue weighted by atomic mass is 10.2. The second-order valence-corrected chi connectivity index (χ2v) is 7.19. The number of carbonyl (C=O) groups excluding carboxylic acids is 2. The van der Waals surface area contributed by atoms with Gasteiger partial charge in [0.1, 0.15) is 0 Å². The number of ether oxygens (including phenoxy) is 5. The van der Waals surface area contributed by atoms with Crippen molar-refractivity contribution in [3.05, 3.63) is 52.6 Å². The van der Waals surface area contributed by atoms with E-state index < -0.39 is 18.0 Å². The van der Waals surface area contributed by atoms with E-state index in [1.54, 1.807) is 24.3 Å². The topological polar surface area (TPSA) is 92.3 Å². The van der Waals surface area contributed by atoms with Crippen molar-refractivity contribution in [1.29, 1.82) is 0 Å². The summed E-state index contributed by atoms with van der Waals surface area (Å²) in [5, 5.41) is 3.08. The van der Waals surface area contributed by atoms with Crippen LogP contribution < -0.4 is 24.3 Å². The molecule has 1 atom stereocenters. The third-order valence-corrected chi connectivity index (χ3v) is 4.79. The summed E-state index contributed by atoms with van der Waals surface area (Å²) in [6.07, 6.45) is 1.77. The van der Waals surface area contributed by atoms with Crippen LogP contribution in [-0.2, 0) is 20.9 Å². The lowest BCUT2D eigenvalue weighted by molar-refractivity contribution is -0.150. The van der Waals surface area contributed by atoms with Crippen LogP contribution in [0, 0.1) is 0 Å². The van der Waals surface area contributed by atoms with E-state index in [4.69, 9.17) is 35.3 Å². The summed E-state index contributed by atoms with van der Waals surface area (Å²) < 4.78 is 26.5. The van der Waals surface area contributed by atoms with Crippen molar-refractivity contribution >= 4 is 29.6 Å². The van der Waals surface area contributed by atoms with Gasteiger partial charge in [-0.1, -0.05) is 17.7 Å².